The van der Waals surface area contributed by atoms with Crippen LogP contribution >= 0.6 is 11.6 Å². The van der Waals surface area contributed by atoms with Gasteiger partial charge < -0.3 is 4.90 Å². The van der Waals surface area contributed by atoms with Crippen LogP contribution in [0.3, 0.4) is 0 Å². The van der Waals surface area contributed by atoms with Crippen molar-refractivity contribution in [2.75, 3.05) is 11.4 Å². The monoisotopic (exact) mass is 292 g/mol. The van der Waals surface area contributed by atoms with Gasteiger partial charge in [-0.2, -0.15) is 5.10 Å². The van der Waals surface area contributed by atoms with Gasteiger partial charge in [-0.3, -0.25) is 9.78 Å². The molecule has 106 valence electrons. The van der Waals surface area contributed by atoms with Crippen LogP contribution in [0, 0.1) is 0 Å². The van der Waals surface area contributed by atoms with Gasteiger partial charge in [-0.1, -0.05) is 17.7 Å². The number of hydrogen-bond acceptors (Lipinski definition) is 4. The number of anilines is 1. The highest BCUT2D eigenvalue weighted by Crippen LogP contribution is 2.29. The number of nitrogens with zero attached hydrogens (tertiary/aromatic N) is 4. The fourth-order valence-electron chi connectivity index (χ4n) is 2.16. The molecule has 0 fully saturated rings. The largest absolute Gasteiger partial charge is 0.362 e. The third kappa shape index (κ3) is 2.67. The van der Waals surface area contributed by atoms with E-state index in [1.165, 1.54) is 4.68 Å². The number of hydrogen-bond donors (Lipinski definition) is 0. The molecule has 2 heterocycles. The lowest BCUT2D eigenvalue weighted by Gasteiger charge is -2.30. The zero-order valence-electron chi connectivity index (χ0n) is 11.7. The Bertz CT molecular complexity index is 641. The van der Waals surface area contributed by atoms with Crippen LogP contribution in [0.15, 0.2) is 35.5 Å². The second kappa shape index (κ2) is 6.05. The number of pyridine rings is 1. The Labute approximate surface area is 122 Å². The van der Waals surface area contributed by atoms with Crippen molar-refractivity contribution in [1.29, 1.82) is 0 Å². The Morgan fingerprint density at radius 3 is 2.80 bits per heavy atom. The molecule has 0 aliphatic carbocycles. The maximum Gasteiger partial charge on any atom is 0.287 e. The lowest BCUT2D eigenvalue weighted by Crippen LogP contribution is -2.30. The number of aromatic nitrogens is 3. The van der Waals surface area contributed by atoms with Crippen LogP contribution in [0.5, 0.6) is 0 Å². The van der Waals surface area contributed by atoms with E-state index in [9.17, 15) is 4.79 Å². The van der Waals surface area contributed by atoms with Crippen LogP contribution in [0.4, 0.5) is 5.69 Å². The highest BCUT2D eigenvalue weighted by Gasteiger charge is 2.19. The minimum Gasteiger partial charge on any atom is -0.362 e. The maximum absolute atomic E-state index is 11.9. The predicted molar refractivity (Wildman–Crippen MR) is 80.2 cm³/mol. The zero-order valence-corrected chi connectivity index (χ0v) is 12.5. The van der Waals surface area contributed by atoms with Crippen molar-refractivity contribution in [2.24, 2.45) is 7.05 Å². The Hall–Kier alpha value is -1.88. The van der Waals surface area contributed by atoms with Crippen molar-refractivity contribution in [1.82, 2.24) is 14.8 Å². The van der Waals surface area contributed by atoms with E-state index in [-0.39, 0.29) is 16.6 Å². The van der Waals surface area contributed by atoms with Crippen molar-refractivity contribution in [3.05, 3.63) is 51.7 Å². The first kappa shape index (κ1) is 14.5. The first-order valence-corrected chi connectivity index (χ1v) is 6.82. The SMILES string of the molecule is CCN(c1cnn(C)c(=O)c1Cl)C(C)c1cccnc1. The van der Waals surface area contributed by atoms with E-state index in [1.807, 2.05) is 37.1 Å². The van der Waals surface area contributed by atoms with Crippen LogP contribution in [0.25, 0.3) is 0 Å². The normalized spacial score (nSPS) is 12.2. The summed E-state index contributed by atoms with van der Waals surface area (Å²) in [7, 11) is 1.58. The summed E-state index contributed by atoms with van der Waals surface area (Å²) in [5.74, 6) is 0. The molecule has 0 spiro atoms. The molecular weight excluding hydrogens is 276 g/mol. The van der Waals surface area contributed by atoms with E-state index < -0.39 is 0 Å². The predicted octanol–water partition coefficient (Wildman–Crippen LogP) is 2.42. The molecule has 0 saturated heterocycles. The minimum atomic E-state index is -0.291. The Morgan fingerprint density at radius 1 is 1.45 bits per heavy atom. The molecule has 0 aromatic carbocycles. The number of aryl methyl sites for hydroxylation is 1. The van der Waals surface area contributed by atoms with Gasteiger partial charge in [0.05, 0.1) is 17.9 Å². The molecule has 2 rings (SSSR count). The highest BCUT2D eigenvalue weighted by atomic mass is 35.5. The fraction of sp³-hybridized carbons (Fsp3) is 0.357. The molecule has 2 aromatic heterocycles. The quantitative estimate of drug-likeness (QED) is 0.868. The molecule has 1 atom stereocenters. The third-order valence-corrected chi connectivity index (χ3v) is 3.70. The summed E-state index contributed by atoms with van der Waals surface area (Å²) < 4.78 is 1.23. The average molecular weight is 293 g/mol. The molecule has 6 heteroatoms. The topological polar surface area (TPSA) is 51.0 Å². The van der Waals surface area contributed by atoms with Gasteiger partial charge in [0, 0.05) is 26.0 Å². The van der Waals surface area contributed by atoms with E-state index in [2.05, 4.69) is 10.1 Å². The molecule has 0 amide bonds. The summed E-state index contributed by atoms with van der Waals surface area (Å²) in [5, 5.41) is 4.24. The lowest BCUT2D eigenvalue weighted by atomic mass is 10.1. The van der Waals surface area contributed by atoms with Gasteiger partial charge in [-0.25, -0.2) is 4.68 Å². The molecule has 0 radical (unpaired) electrons. The summed E-state index contributed by atoms with van der Waals surface area (Å²) in [4.78, 5) is 18.1. The van der Waals surface area contributed by atoms with Gasteiger partial charge >= 0.3 is 0 Å². The Morgan fingerprint density at radius 2 is 2.20 bits per heavy atom. The van der Waals surface area contributed by atoms with Gasteiger partial charge in [-0.15, -0.1) is 0 Å². The van der Waals surface area contributed by atoms with Crippen molar-refractivity contribution in [3.8, 4) is 0 Å². The minimum absolute atomic E-state index is 0.0557. The van der Waals surface area contributed by atoms with Crippen molar-refractivity contribution in [2.45, 2.75) is 19.9 Å². The van der Waals surface area contributed by atoms with Crippen LogP contribution in [-0.2, 0) is 7.05 Å². The molecule has 0 aliphatic heterocycles. The van der Waals surface area contributed by atoms with Crippen molar-refractivity contribution in [3.63, 3.8) is 0 Å². The smallest absolute Gasteiger partial charge is 0.287 e. The summed E-state index contributed by atoms with van der Waals surface area (Å²) in [6.45, 7) is 4.78. The van der Waals surface area contributed by atoms with Gasteiger partial charge in [0.15, 0.2) is 0 Å². The molecule has 5 nitrogen and oxygen atoms in total. The Kier molecular flexibility index (Phi) is 4.39. The third-order valence-electron chi connectivity index (χ3n) is 3.34. The lowest BCUT2D eigenvalue weighted by molar-refractivity contribution is 0.664. The van der Waals surface area contributed by atoms with Crippen LogP contribution in [0.2, 0.25) is 5.02 Å². The van der Waals surface area contributed by atoms with E-state index in [0.29, 0.717) is 12.2 Å². The standard InChI is InChI=1S/C14H17ClN4O/c1-4-19(10(2)11-6-5-7-16-8-11)12-9-17-18(3)14(20)13(12)15/h5-10H,4H2,1-3H3. The molecular formula is C14H17ClN4O. The van der Waals surface area contributed by atoms with E-state index in [1.54, 1.807) is 19.4 Å². The van der Waals surface area contributed by atoms with E-state index in [4.69, 9.17) is 11.6 Å². The average Bonchev–Trinajstić information content (AvgIpc) is 2.48. The highest BCUT2D eigenvalue weighted by molar-refractivity contribution is 6.33. The molecule has 2 aromatic rings. The number of halogens is 1. The fourth-order valence-corrected chi connectivity index (χ4v) is 2.44. The van der Waals surface area contributed by atoms with Gasteiger partial charge in [-0.05, 0) is 25.5 Å². The van der Waals surface area contributed by atoms with Crippen LogP contribution < -0.4 is 10.5 Å². The molecule has 0 saturated carbocycles. The van der Waals surface area contributed by atoms with Crippen LogP contribution in [-0.4, -0.2) is 21.3 Å². The molecule has 0 bridgehead atoms. The van der Waals surface area contributed by atoms with Crippen LogP contribution in [0.1, 0.15) is 25.5 Å². The van der Waals surface area contributed by atoms with E-state index >= 15 is 0 Å². The molecule has 1 unspecified atom stereocenters. The second-order valence-electron chi connectivity index (χ2n) is 4.52. The van der Waals surface area contributed by atoms with E-state index in [0.717, 1.165) is 5.56 Å². The molecule has 0 aliphatic rings. The summed E-state index contributed by atoms with van der Waals surface area (Å²) >= 11 is 6.17. The molecule has 20 heavy (non-hydrogen) atoms. The second-order valence-corrected chi connectivity index (χ2v) is 4.90. The van der Waals surface area contributed by atoms with Gasteiger partial charge in [0.2, 0.25) is 0 Å². The Balaban J connectivity index is 2.43. The van der Waals surface area contributed by atoms with Crippen molar-refractivity contribution < 1.29 is 0 Å². The van der Waals surface area contributed by atoms with Crippen molar-refractivity contribution >= 4 is 17.3 Å². The first-order chi connectivity index (χ1) is 9.56. The summed E-state index contributed by atoms with van der Waals surface area (Å²) in [6.07, 6.45) is 5.18. The summed E-state index contributed by atoms with van der Waals surface area (Å²) in [6, 6.07) is 3.95. The number of rotatable bonds is 4. The molecule has 0 N–H and O–H groups in total. The zero-order chi connectivity index (χ0) is 14.7. The first-order valence-electron chi connectivity index (χ1n) is 6.44. The van der Waals surface area contributed by atoms with Gasteiger partial charge in [0.25, 0.3) is 5.56 Å². The summed E-state index contributed by atoms with van der Waals surface area (Å²) in [5.41, 5.74) is 1.42. The maximum atomic E-state index is 11.9. The van der Waals surface area contributed by atoms with Gasteiger partial charge in [0.1, 0.15) is 5.02 Å².